The average molecular weight is 326 g/mol. The molecule has 1 unspecified atom stereocenters. The Labute approximate surface area is 138 Å². The number of thiazole rings is 1. The molecule has 23 heavy (non-hydrogen) atoms. The molecule has 4 rings (SSSR count). The lowest BCUT2D eigenvalue weighted by Gasteiger charge is -2.09. The Morgan fingerprint density at radius 3 is 3.00 bits per heavy atom. The third kappa shape index (κ3) is 3.13. The first-order chi connectivity index (χ1) is 11.3. The molecule has 2 aromatic heterocycles. The van der Waals surface area contributed by atoms with Gasteiger partial charge in [-0.2, -0.15) is 0 Å². The molecular weight excluding hydrogens is 308 g/mol. The van der Waals surface area contributed by atoms with Crippen LogP contribution in [0.1, 0.15) is 12.8 Å². The maximum Gasteiger partial charge on any atom is 0.224 e. The van der Waals surface area contributed by atoms with Crippen molar-refractivity contribution in [2.75, 3.05) is 18.4 Å². The Bertz CT molecular complexity index is 786. The maximum absolute atomic E-state index is 12.1. The molecule has 0 aliphatic carbocycles. The predicted molar refractivity (Wildman–Crippen MR) is 92.7 cm³/mol. The van der Waals surface area contributed by atoms with Gasteiger partial charge in [-0.3, -0.25) is 9.20 Å². The molecule has 1 aliphatic rings. The summed E-state index contributed by atoms with van der Waals surface area (Å²) in [5.74, 6) is 0.557. The summed E-state index contributed by atoms with van der Waals surface area (Å²) in [7, 11) is 0. The monoisotopic (exact) mass is 326 g/mol. The number of nitrogens with one attached hydrogen (secondary N) is 2. The zero-order chi connectivity index (χ0) is 15.6. The largest absolute Gasteiger partial charge is 0.326 e. The van der Waals surface area contributed by atoms with Gasteiger partial charge in [0.1, 0.15) is 0 Å². The molecule has 1 amide bonds. The van der Waals surface area contributed by atoms with Gasteiger partial charge >= 0.3 is 0 Å². The summed E-state index contributed by atoms with van der Waals surface area (Å²) in [6.07, 6.45) is 5.70. The van der Waals surface area contributed by atoms with E-state index in [1.54, 1.807) is 11.3 Å². The molecule has 3 heterocycles. The van der Waals surface area contributed by atoms with E-state index in [0.717, 1.165) is 41.4 Å². The fourth-order valence-electron chi connectivity index (χ4n) is 2.95. The normalized spacial score (nSPS) is 17.7. The number of hydrogen-bond acceptors (Lipinski definition) is 4. The zero-order valence-corrected chi connectivity index (χ0v) is 13.5. The lowest BCUT2D eigenvalue weighted by atomic mass is 10.0. The highest BCUT2D eigenvalue weighted by Crippen LogP contribution is 2.23. The zero-order valence-electron chi connectivity index (χ0n) is 12.7. The van der Waals surface area contributed by atoms with Crippen molar-refractivity contribution in [2.24, 2.45) is 5.92 Å². The highest BCUT2D eigenvalue weighted by atomic mass is 32.1. The van der Waals surface area contributed by atoms with E-state index in [2.05, 4.69) is 15.6 Å². The Balaban J connectivity index is 1.43. The molecule has 1 aliphatic heterocycles. The molecule has 0 spiro atoms. The number of rotatable bonds is 4. The standard InChI is InChI=1S/C17H18N4OS/c22-16(9-12-5-6-18-10-12)19-14-3-1-13(2-4-14)15-11-21-7-8-23-17(21)20-15/h1-4,7-8,11-12,18H,5-6,9-10H2,(H,19,22). The van der Waals surface area contributed by atoms with Crippen molar-refractivity contribution in [2.45, 2.75) is 12.8 Å². The Kier molecular flexibility index (Phi) is 3.85. The smallest absolute Gasteiger partial charge is 0.224 e. The third-order valence-electron chi connectivity index (χ3n) is 4.19. The minimum Gasteiger partial charge on any atom is -0.326 e. The fraction of sp³-hybridized carbons (Fsp3) is 0.294. The van der Waals surface area contributed by atoms with Crippen LogP contribution >= 0.6 is 11.3 Å². The molecule has 118 valence electrons. The molecule has 0 bridgehead atoms. The number of hydrogen-bond donors (Lipinski definition) is 2. The van der Waals surface area contributed by atoms with Crippen LogP contribution in [0.15, 0.2) is 42.0 Å². The van der Waals surface area contributed by atoms with Gasteiger partial charge in [0.25, 0.3) is 0 Å². The number of imidazole rings is 1. The lowest BCUT2D eigenvalue weighted by molar-refractivity contribution is -0.116. The van der Waals surface area contributed by atoms with Gasteiger partial charge in [0.15, 0.2) is 4.96 Å². The first kappa shape index (κ1) is 14.4. The quantitative estimate of drug-likeness (QED) is 0.775. The topological polar surface area (TPSA) is 58.4 Å². The number of aromatic nitrogens is 2. The molecule has 2 N–H and O–H groups in total. The number of nitrogens with zero attached hydrogens (tertiary/aromatic N) is 2. The number of benzene rings is 1. The van der Waals surface area contributed by atoms with Crippen LogP contribution in [0.2, 0.25) is 0 Å². The fourth-order valence-corrected chi connectivity index (χ4v) is 3.65. The van der Waals surface area contributed by atoms with Gasteiger partial charge in [0.05, 0.1) is 5.69 Å². The van der Waals surface area contributed by atoms with E-state index in [4.69, 9.17) is 0 Å². The molecule has 0 saturated carbocycles. The summed E-state index contributed by atoms with van der Waals surface area (Å²) in [5.41, 5.74) is 2.84. The molecule has 1 aromatic carbocycles. The number of anilines is 1. The van der Waals surface area contributed by atoms with E-state index in [1.165, 1.54) is 0 Å². The van der Waals surface area contributed by atoms with E-state index in [0.29, 0.717) is 12.3 Å². The first-order valence-electron chi connectivity index (χ1n) is 7.81. The van der Waals surface area contributed by atoms with Crippen LogP contribution in [0.4, 0.5) is 5.69 Å². The van der Waals surface area contributed by atoms with Crippen molar-refractivity contribution in [1.82, 2.24) is 14.7 Å². The van der Waals surface area contributed by atoms with Gasteiger partial charge in [-0.25, -0.2) is 4.98 Å². The van der Waals surface area contributed by atoms with Crippen LogP contribution in [0, 0.1) is 5.92 Å². The van der Waals surface area contributed by atoms with E-state index >= 15 is 0 Å². The van der Waals surface area contributed by atoms with Gasteiger partial charge in [0, 0.05) is 35.4 Å². The van der Waals surface area contributed by atoms with Crippen molar-refractivity contribution >= 4 is 27.9 Å². The summed E-state index contributed by atoms with van der Waals surface area (Å²) in [5, 5.41) is 8.29. The van der Waals surface area contributed by atoms with Crippen molar-refractivity contribution in [3.8, 4) is 11.3 Å². The predicted octanol–water partition coefficient (Wildman–Crippen LogP) is 3.00. The van der Waals surface area contributed by atoms with Gasteiger partial charge in [-0.1, -0.05) is 12.1 Å². The minimum atomic E-state index is 0.0916. The summed E-state index contributed by atoms with van der Waals surface area (Å²) in [6, 6.07) is 7.87. The Morgan fingerprint density at radius 2 is 2.26 bits per heavy atom. The van der Waals surface area contributed by atoms with Crippen LogP contribution in [-0.2, 0) is 4.79 Å². The van der Waals surface area contributed by atoms with Gasteiger partial charge < -0.3 is 10.6 Å². The number of fused-ring (bicyclic) bond motifs is 1. The summed E-state index contributed by atoms with van der Waals surface area (Å²) < 4.78 is 2.02. The van der Waals surface area contributed by atoms with E-state index in [-0.39, 0.29) is 5.91 Å². The van der Waals surface area contributed by atoms with Gasteiger partial charge in [-0.05, 0) is 37.6 Å². The van der Waals surface area contributed by atoms with Gasteiger partial charge in [0.2, 0.25) is 5.91 Å². The van der Waals surface area contributed by atoms with E-state index in [9.17, 15) is 4.79 Å². The van der Waals surface area contributed by atoms with Crippen molar-refractivity contribution in [1.29, 1.82) is 0 Å². The van der Waals surface area contributed by atoms with Crippen LogP contribution < -0.4 is 10.6 Å². The van der Waals surface area contributed by atoms with Crippen molar-refractivity contribution in [3.05, 3.63) is 42.0 Å². The van der Waals surface area contributed by atoms with Gasteiger partial charge in [-0.15, -0.1) is 11.3 Å². The molecule has 3 aromatic rings. The Morgan fingerprint density at radius 1 is 1.39 bits per heavy atom. The second-order valence-electron chi connectivity index (χ2n) is 5.91. The SMILES string of the molecule is O=C(CC1CCNC1)Nc1ccc(-c2cn3ccsc3n2)cc1. The number of carbonyl (C=O) groups is 1. The van der Waals surface area contributed by atoms with Crippen LogP contribution in [0.5, 0.6) is 0 Å². The second-order valence-corrected chi connectivity index (χ2v) is 6.78. The third-order valence-corrected chi connectivity index (χ3v) is 4.96. The van der Waals surface area contributed by atoms with Crippen LogP contribution in [0.25, 0.3) is 16.2 Å². The molecule has 1 saturated heterocycles. The molecule has 1 atom stereocenters. The lowest BCUT2D eigenvalue weighted by Crippen LogP contribution is -2.18. The van der Waals surface area contributed by atoms with Crippen molar-refractivity contribution < 1.29 is 4.79 Å². The van der Waals surface area contributed by atoms with Crippen molar-refractivity contribution in [3.63, 3.8) is 0 Å². The molecule has 6 heteroatoms. The van der Waals surface area contributed by atoms with Crippen LogP contribution in [0.3, 0.4) is 0 Å². The molecular formula is C17H18N4OS. The van der Waals surface area contributed by atoms with E-state index < -0.39 is 0 Å². The van der Waals surface area contributed by atoms with E-state index in [1.807, 2.05) is 46.4 Å². The summed E-state index contributed by atoms with van der Waals surface area (Å²) >= 11 is 1.62. The second kappa shape index (κ2) is 6.14. The molecule has 1 fully saturated rings. The summed E-state index contributed by atoms with van der Waals surface area (Å²) in [6.45, 7) is 1.97. The first-order valence-corrected chi connectivity index (χ1v) is 8.69. The average Bonchev–Trinajstić information content (AvgIpc) is 3.24. The number of carbonyl (C=O) groups excluding carboxylic acids is 1. The summed E-state index contributed by atoms with van der Waals surface area (Å²) in [4.78, 5) is 17.6. The minimum absolute atomic E-state index is 0.0916. The maximum atomic E-state index is 12.1. The van der Waals surface area contributed by atoms with Crippen LogP contribution in [-0.4, -0.2) is 28.4 Å². The highest BCUT2D eigenvalue weighted by molar-refractivity contribution is 7.15. The molecule has 5 nitrogen and oxygen atoms in total. The number of amides is 1. The Hall–Kier alpha value is -2.18. The highest BCUT2D eigenvalue weighted by Gasteiger charge is 2.18. The molecule has 0 radical (unpaired) electrons.